The van der Waals surface area contributed by atoms with Crippen LogP contribution in [-0.2, 0) is 30.0 Å². The Hall–Kier alpha value is -4.64. The van der Waals surface area contributed by atoms with Gasteiger partial charge in [-0.1, -0.05) is 94.8 Å². The molecule has 1 saturated heterocycles. The van der Waals surface area contributed by atoms with E-state index in [9.17, 15) is 38.3 Å². The first kappa shape index (κ1) is 46.4. The van der Waals surface area contributed by atoms with Gasteiger partial charge in [-0.2, -0.15) is 0 Å². The van der Waals surface area contributed by atoms with E-state index in [0.29, 0.717) is 29.1 Å². The Morgan fingerprint density at radius 2 is 1.48 bits per heavy atom. The molecule has 0 bridgehead atoms. The zero-order chi connectivity index (χ0) is 43.4. The summed E-state index contributed by atoms with van der Waals surface area (Å²) < 4.78 is 17.5. The number of nitrogens with one attached hydrogen (secondary N) is 4. The number of fused-ring (bicyclic) bond motifs is 1. The van der Waals surface area contributed by atoms with Gasteiger partial charge in [0, 0.05) is 34.6 Å². The minimum absolute atomic E-state index is 0.0611. The number of hydrogen-bond acceptors (Lipinski definition) is 11. The smallest absolute Gasteiger partial charge is 0.349 e. The van der Waals surface area contributed by atoms with Crippen molar-refractivity contribution in [2.45, 2.75) is 75.9 Å². The number of para-hydroxylation sites is 1. The zero-order valence-corrected chi connectivity index (χ0v) is 36.3. The van der Waals surface area contributed by atoms with Crippen molar-refractivity contribution in [3.63, 3.8) is 0 Å². The van der Waals surface area contributed by atoms with Crippen LogP contribution in [0.2, 0.25) is 0 Å². The summed E-state index contributed by atoms with van der Waals surface area (Å²) in [5, 5.41) is 12.0. The Morgan fingerprint density at radius 1 is 0.817 bits per heavy atom. The molecule has 15 nitrogen and oxygen atoms in total. The van der Waals surface area contributed by atoms with Crippen LogP contribution in [0.15, 0.2) is 91.1 Å². The fourth-order valence-corrected chi connectivity index (χ4v) is 10.2. The summed E-state index contributed by atoms with van der Waals surface area (Å²) >= 11 is 2.88. The normalized spacial score (nSPS) is 16.2. The summed E-state index contributed by atoms with van der Waals surface area (Å²) in [5.74, 6) is -3.79. The van der Waals surface area contributed by atoms with Crippen LogP contribution in [0.3, 0.4) is 0 Å². The third-order valence-electron chi connectivity index (χ3n) is 10.2. The summed E-state index contributed by atoms with van der Waals surface area (Å²) in [6.45, 7) is 7.23. The van der Waals surface area contributed by atoms with E-state index in [1.807, 2.05) is 26.0 Å². The van der Waals surface area contributed by atoms with Crippen LogP contribution < -0.4 is 21.3 Å². The third-order valence-corrected chi connectivity index (χ3v) is 13.9. The highest BCUT2D eigenvalue weighted by molar-refractivity contribution is 8.20. The highest BCUT2D eigenvalue weighted by atomic mass is 32.2. The van der Waals surface area contributed by atoms with E-state index in [1.54, 1.807) is 80.7 Å². The van der Waals surface area contributed by atoms with Crippen LogP contribution in [0, 0.1) is 17.8 Å². The Labute approximate surface area is 357 Å². The van der Waals surface area contributed by atoms with E-state index in [-0.39, 0.29) is 23.7 Å². The summed E-state index contributed by atoms with van der Waals surface area (Å²) in [6, 6.07) is 19.7. The molecule has 18 heteroatoms. The predicted octanol–water partition coefficient (Wildman–Crippen LogP) is 4.89. The third kappa shape index (κ3) is 12.9. The number of carbonyl (C=O) groups is 5. The van der Waals surface area contributed by atoms with Crippen molar-refractivity contribution in [3.8, 4) is 0 Å². The molecule has 3 heterocycles. The fourth-order valence-electron chi connectivity index (χ4n) is 6.69. The van der Waals surface area contributed by atoms with Crippen LogP contribution in [-0.4, -0.2) is 89.5 Å². The maximum atomic E-state index is 14.5. The molecule has 4 aromatic rings. The van der Waals surface area contributed by atoms with Gasteiger partial charge in [0.15, 0.2) is 5.78 Å². The number of hydrogen-bond donors (Lipinski definition) is 6. The number of pyridine rings is 2. The van der Waals surface area contributed by atoms with Gasteiger partial charge in [0.05, 0.1) is 28.4 Å². The molecule has 0 saturated carbocycles. The number of carbonyl (C=O) groups excluding carboxylic acids is 5. The number of ketones is 1. The number of benzene rings is 2. The van der Waals surface area contributed by atoms with Crippen LogP contribution >= 0.6 is 31.3 Å². The first-order valence-electron chi connectivity index (χ1n) is 19.7. The van der Waals surface area contributed by atoms with E-state index >= 15 is 0 Å². The van der Waals surface area contributed by atoms with Crippen molar-refractivity contribution < 1.29 is 42.8 Å². The molecule has 0 aliphatic carbocycles. The molecule has 1 fully saturated rings. The van der Waals surface area contributed by atoms with Crippen LogP contribution in [0.1, 0.15) is 67.1 Å². The van der Waals surface area contributed by atoms with Gasteiger partial charge >= 0.3 is 7.82 Å². The Bertz CT molecular complexity index is 2160. The molecule has 1 aliphatic rings. The topological polar surface area (TPSA) is 226 Å². The van der Waals surface area contributed by atoms with Crippen molar-refractivity contribution in [2.24, 2.45) is 17.8 Å². The van der Waals surface area contributed by atoms with E-state index in [4.69, 9.17) is 4.52 Å². The number of Topliss-reactive ketones (excluding diaryl/α,β-unsaturated/α-hetero) is 1. The SMILES string of the molecule is CCC(C)C(NC(=O)C(CC(OP(=O)(O)O)C(NC(=O)C(NC(=O)c1ccc2ccccc2n1)C1SCCS1)C(=O)c1ccccc1)C(C)C)C(=O)NCc1ccccn1. The van der Waals surface area contributed by atoms with Crippen molar-refractivity contribution >= 4 is 71.7 Å². The Kier molecular flexibility index (Phi) is 16.8. The molecular weight excluding hydrogens is 828 g/mol. The second-order valence-corrected chi connectivity index (χ2v) is 18.8. The summed E-state index contributed by atoms with van der Waals surface area (Å²) in [5.41, 5.74) is 1.35. The number of rotatable bonds is 20. The van der Waals surface area contributed by atoms with Crippen molar-refractivity contribution in [3.05, 3.63) is 108 Å². The molecule has 320 valence electrons. The largest absolute Gasteiger partial charge is 0.469 e. The van der Waals surface area contributed by atoms with Crippen molar-refractivity contribution in [1.82, 2.24) is 31.2 Å². The Balaban J connectivity index is 1.45. The lowest BCUT2D eigenvalue weighted by Gasteiger charge is -2.33. The Morgan fingerprint density at radius 3 is 2.13 bits per heavy atom. The number of phosphoric acid groups is 1. The molecule has 6 unspecified atom stereocenters. The van der Waals surface area contributed by atoms with Gasteiger partial charge in [-0.25, -0.2) is 9.55 Å². The van der Waals surface area contributed by atoms with E-state index in [1.165, 1.54) is 35.7 Å². The number of thioether (sulfide) groups is 2. The highest BCUT2D eigenvalue weighted by Gasteiger charge is 2.43. The van der Waals surface area contributed by atoms with Gasteiger partial charge in [-0.15, -0.1) is 23.5 Å². The summed E-state index contributed by atoms with van der Waals surface area (Å²) in [6.07, 6.45) is -0.0810. The lowest BCUT2D eigenvalue weighted by Crippen LogP contribution is -2.58. The first-order chi connectivity index (χ1) is 28.6. The second kappa shape index (κ2) is 21.7. The van der Waals surface area contributed by atoms with Crippen LogP contribution in [0.25, 0.3) is 10.9 Å². The zero-order valence-electron chi connectivity index (χ0n) is 33.7. The fraction of sp³-hybridized carbons (Fsp3) is 0.405. The van der Waals surface area contributed by atoms with Gasteiger partial charge in [-0.3, -0.25) is 33.5 Å². The standard InChI is InChI=1S/C42H51N6O9PS2/c1-5-26(4)34(40(52)44-24-29-16-11-12-20-43-29)46-38(50)30(25(2)3)23-33(57-58(54,55)56)35(37(49)28-14-7-6-8-15-28)47-41(53)36(42-59-21-22-60-42)48-39(51)32-19-18-27-13-9-10-17-31(27)45-32/h6-20,25-26,30,33-36,42H,5,21-24H2,1-4H3,(H,44,52)(H,46,50)(H,47,53)(H,48,51)(H2,54,55,56). The van der Waals surface area contributed by atoms with E-state index < -0.39 is 84.3 Å². The molecule has 0 radical (unpaired) electrons. The van der Waals surface area contributed by atoms with Gasteiger partial charge in [0.2, 0.25) is 17.7 Å². The first-order valence-corrected chi connectivity index (χ1v) is 23.3. The number of phosphoric ester groups is 1. The number of amides is 4. The molecule has 0 spiro atoms. The molecule has 60 heavy (non-hydrogen) atoms. The molecular formula is C42H51N6O9PS2. The number of aromatic nitrogens is 2. The lowest BCUT2D eigenvalue weighted by atomic mass is 9.85. The molecule has 6 atom stereocenters. The maximum Gasteiger partial charge on any atom is 0.469 e. The number of nitrogens with zero attached hydrogens (tertiary/aromatic N) is 2. The average Bonchev–Trinajstić information content (AvgIpc) is 3.78. The van der Waals surface area contributed by atoms with E-state index in [0.717, 1.165) is 5.39 Å². The predicted molar refractivity (Wildman–Crippen MR) is 232 cm³/mol. The molecule has 2 aromatic carbocycles. The monoisotopic (exact) mass is 878 g/mol. The summed E-state index contributed by atoms with van der Waals surface area (Å²) in [4.78, 5) is 99.5. The second-order valence-electron chi connectivity index (χ2n) is 14.8. The van der Waals surface area contributed by atoms with Gasteiger partial charge in [0.1, 0.15) is 23.8 Å². The average molecular weight is 879 g/mol. The van der Waals surface area contributed by atoms with Crippen molar-refractivity contribution in [2.75, 3.05) is 11.5 Å². The van der Waals surface area contributed by atoms with Gasteiger partial charge in [0.25, 0.3) is 5.91 Å². The minimum Gasteiger partial charge on any atom is -0.349 e. The molecule has 1 aliphatic heterocycles. The van der Waals surface area contributed by atoms with Gasteiger partial charge in [-0.05, 0) is 42.5 Å². The van der Waals surface area contributed by atoms with Crippen LogP contribution in [0.5, 0.6) is 0 Å². The summed E-state index contributed by atoms with van der Waals surface area (Å²) in [7, 11) is -5.39. The molecule has 4 amide bonds. The maximum absolute atomic E-state index is 14.5. The highest BCUT2D eigenvalue weighted by Crippen LogP contribution is 2.41. The van der Waals surface area contributed by atoms with Gasteiger partial charge < -0.3 is 31.1 Å². The lowest BCUT2D eigenvalue weighted by molar-refractivity contribution is -0.134. The van der Waals surface area contributed by atoms with E-state index in [2.05, 4.69) is 31.2 Å². The molecule has 2 aromatic heterocycles. The van der Waals surface area contributed by atoms with Crippen LogP contribution in [0.4, 0.5) is 0 Å². The molecule has 5 rings (SSSR count). The minimum atomic E-state index is -5.39. The quantitative estimate of drug-likeness (QED) is 0.0515. The van der Waals surface area contributed by atoms with Crippen molar-refractivity contribution in [1.29, 1.82) is 0 Å². The molecule has 6 N–H and O–H groups in total.